The molecule has 1 fully saturated rings. The highest BCUT2D eigenvalue weighted by Gasteiger charge is 2.39. The molecule has 0 aliphatic heterocycles. The van der Waals surface area contributed by atoms with Crippen molar-refractivity contribution in [3.8, 4) is 0 Å². The molecule has 0 spiro atoms. The zero-order valence-corrected chi connectivity index (χ0v) is 7.99. The van der Waals surface area contributed by atoms with Crippen LogP contribution in [0.25, 0.3) is 0 Å². The topological polar surface area (TPSA) is 0 Å². The van der Waals surface area contributed by atoms with Crippen LogP contribution in [-0.4, -0.2) is 5.88 Å². The molecule has 0 radical (unpaired) electrons. The summed E-state index contributed by atoms with van der Waals surface area (Å²) in [6.07, 6.45) is 0.755. The number of halogens is 4. The number of benzene rings is 1. The van der Waals surface area contributed by atoms with Crippen molar-refractivity contribution in [2.45, 2.75) is 12.3 Å². The van der Waals surface area contributed by atoms with E-state index in [9.17, 15) is 13.2 Å². The standard InChI is InChI=1S/C10H8ClF3/c11-4-5-3-7(5)6-1-2-8(12)10(14)9(6)13/h1-2,5,7H,3-4H2. The van der Waals surface area contributed by atoms with Crippen molar-refractivity contribution in [1.82, 2.24) is 0 Å². The van der Waals surface area contributed by atoms with Gasteiger partial charge in [-0.15, -0.1) is 11.6 Å². The van der Waals surface area contributed by atoms with Crippen LogP contribution in [0.3, 0.4) is 0 Å². The Hall–Kier alpha value is -0.700. The largest absolute Gasteiger partial charge is 0.204 e. The Morgan fingerprint density at radius 2 is 1.93 bits per heavy atom. The monoisotopic (exact) mass is 220 g/mol. The average Bonchev–Trinajstić information content (AvgIpc) is 2.94. The van der Waals surface area contributed by atoms with Crippen molar-refractivity contribution in [1.29, 1.82) is 0 Å². The summed E-state index contributed by atoms with van der Waals surface area (Å²) in [5.41, 5.74) is 0.245. The first kappa shape index (κ1) is 9.84. The maximum atomic E-state index is 13.2. The third-order valence-corrected chi connectivity index (χ3v) is 2.98. The molecule has 14 heavy (non-hydrogen) atoms. The predicted octanol–water partition coefficient (Wildman–Crippen LogP) is 3.45. The summed E-state index contributed by atoms with van der Waals surface area (Å²) in [4.78, 5) is 0. The summed E-state index contributed by atoms with van der Waals surface area (Å²) in [7, 11) is 0. The molecule has 0 bridgehead atoms. The minimum atomic E-state index is -1.39. The maximum Gasteiger partial charge on any atom is 0.194 e. The molecular weight excluding hydrogens is 213 g/mol. The molecule has 2 unspecified atom stereocenters. The lowest BCUT2D eigenvalue weighted by Gasteiger charge is -2.02. The van der Waals surface area contributed by atoms with Crippen LogP contribution in [0.4, 0.5) is 13.2 Å². The summed E-state index contributed by atoms with van der Waals surface area (Å²) in [6.45, 7) is 0. The first-order valence-corrected chi connectivity index (χ1v) is 4.88. The van der Waals surface area contributed by atoms with Gasteiger partial charge in [-0.05, 0) is 29.9 Å². The van der Waals surface area contributed by atoms with Crippen molar-refractivity contribution in [3.05, 3.63) is 35.1 Å². The van der Waals surface area contributed by atoms with Gasteiger partial charge in [0, 0.05) is 5.88 Å². The number of hydrogen-bond acceptors (Lipinski definition) is 0. The van der Waals surface area contributed by atoms with Crippen LogP contribution < -0.4 is 0 Å². The molecule has 0 heterocycles. The van der Waals surface area contributed by atoms with Gasteiger partial charge in [-0.1, -0.05) is 6.07 Å². The summed E-state index contributed by atoms with van der Waals surface area (Å²) in [5, 5.41) is 0. The summed E-state index contributed by atoms with van der Waals surface area (Å²) < 4.78 is 38.6. The maximum absolute atomic E-state index is 13.2. The molecular formula is C10H8ClF3. The summed E-state index contributed by atoms with van der Waals surface area (Å²) >= 11 is 5.58. The smallest absolute Gasteiger partial charge is 0.194 e. The number of hydrogen-bond donors (Lipinski definition) is 0. The van der Waals surface area contributed by atoms with Gasteiger partial charge in [0.05, 0.1) is 0 Å². The van der Waals surface area contributed by atoms with E-state index in [1.807, 2.05) is 0 Å². The van der Waals surface area contributed by atoms with Crippen LogP contribution in [0.1, 0.15) is 17.9 Å². The zero-order valence-electron chi connectivity index (χ0n) is 7.24. The molecule has 1 aliphatic carbocycles. The van der Waals surface area contributed by atoms with Crippen molar-refractivity contribution < 1.29 is 13.2 Å². The van der Waals surface area contributed by atoms with E-state index in [0.717, 1.165) is 12.5 Å². The van der Waals surface area contributed by atoms with E-state index >= 15 is 0 Å². The van der Waals surface area contributed by atoms with Crippen molar-refractivity contribution in [3.63, 3.8) is 0 Å². The normalized spacial score (nSPS) is 25.1. The van der Waals surface area contributed by atoms with Gasteiger partial charge in [0.25, 0.3) is 0 Å². The molecule has 1 aromatic rings. The lowest BCUT2D eigenvalue weighted by atomic mass is 10.1. The minimum absolute atomic E-state index is 0.0393. The molecule has 4 heteroatoms. The van der Waals surface area contributed by atoms with E-state index in [2.05, 4.69) is 0 Å². The lowest BCUT2D eigenvalue weighted by molar-refractivity contribution is 0.440. The predicted molar refractivity (Wildman–Crippen MR) is 47.9 cm³/mol. The third-order valence-electron chi connectivity index (χ3n) is 2.59. The van der Waals surface area contributed by atoms with Gasteiger partial charge in [0.1, 0.15) is 0 Å². The number of alkyl halides is 1. The fourth-order valence-electron chi connectivity index (χ4n) is 1.63. The van der Waals surface area contributed by atoms with Crippen LogP contribution in [0.5, 0.6) is 0 Å². The molecule has 0 N–H and O–H groups in total. The van der Waals surface area contributed by atoms with Crippen molar-refractivity contribution in [2.24, 2.45) is 5.92 Å². The first-order valence-electron chi connectivity index (χ1n) is 4.34. The Kier molecular flexibility index (Phi) is 2.43. The summed E-state index contributed by atoms with van der Waals surface area (Å²) in [6, 6.07) is 2.25. The second-order valence-electron chi connectivity index (χ2n) is 3.52. The Balaban J connectivity index is 2.32. The van der Waals surface area contributed by atoms with E-state index in [-0.39, 0.29) is 17.4 Å². The van der Waals surface area contributed by atoms with Gasteiger partial charge in [0.2, 0.25) is 0 Å². The van der Waals surface area contributed by atoms with Crippen LogP contribution in [0.2, 0.25) is 0 Å². The van der Waals surface area contributed by atoms with E-state index in [4.69, 9.17) is 11.6 Å². The molecule has 0 nitrogen and oxygen atoms in total. The minimum Gasteiger partial charge on any atom is -0.204 e. The summed E-state index contributed by atoms with van der Waals surface area (Å²) in [5.74, 6) is -3.00. The van der Waals surface area contributed by atoms with Crippen LogP contribution >= 0.6 is 11.6 Å². The Labute approximate surface area is 84.7 Å². The van der Waals surface area contributed by atoms with Crippen LogP contribution in [-0.2, 0) is 0 Å². The molecule has 1 aromatic carbocycles. The molecule has 1 aliphatic rings. The SMILES string of the molecule is Fc1ccc(C2CC2CCl)c(F)c1F. The Morgan fingerprint density at radius 1 is 1.21 bits per heavy atom. The van der Waals surface area contributed by atoms with Crippen molar-refractivity contribution in [2.75, 3.05) is 5.88 Å². The highest BCUT2D eigenvalue weighted by Crippen LogP contribution is 2.49. The molecule has 76 valence electrons. The average molecular weight is 221 g/mol. The molecule has 0 aromatic heterocycles. The Bertz CT molecular complexity index is 365. The van der Waals surface area contributed by atoms with Gasteiger partial charge >= 0.3 is 0 Å². The third kappa shape index (κ3) is 1.50. The van der Waals surface area contributed by atoms with E-state index in [0.29, 0.717) is 5.88 Å². The van der Waals surface area contributed by atoms with Gasteiger partial charge in [-0.2, -0.15) is 0 Å². The fourth-order valence-corrected chi connectivity index (χ4v) is 1.97. The molecule has 1 saturated carbocycles. The van der Waals surface area contributed by atoms with Crippen molar-refractivity contribution >= 4 is 11.6 Å². The van der Waals surface area contributed by atoms with E-state index in [1.165, 1.54) is 6.07 Å². The fraction of sp³-hybridized carbons (Fsp3) is 0.400. The van der Waals surface area contributed by atoms with E-state index < -0.39 is 17.5 Å². The molecule has 2 atom stereocenters. The van der Waals surface area contributed by atoms with Gasteiger partial charge in [-0.25, -0.2) is 13.2 Å². The second-order valence-corrected chi connectivity index (χ2v) is 3.83. The van der Waals surface area contributed by atoms with Gasteiger partial charge < -0.3 is 0 Å². The highest BCUT2D eigenvalue weighted by molar-refractivity contribution is 6.18. The van der Waals surface area contributed by atoms with Gasteiger partial charge in [0.15, 0.2) is 17.5 Å². The molecule has 0 saturated heterocycles. The van der Waals surface area contributed by atoms with Crippen LogP contribution in [0.15, 0.2) is 12.1 Å². The quantitative estimate of drug-likeness (QED) is 0.529. The van der Waals surface area contributed by atoms with Crippen LogP contribution in [0, 0.1) is 23.4 Å². The molecule has 2 rings (SSSR count). The van der Waals surface area contributed by atoms with E-state index in [1.54, 1.807) is 0 Å². The highest BCUT2D eigenvalue weighted by atomic mass is 35.5. The lowest BCUT2D eigenvalue weighted by Crippen LogP contribution is -1.97. The van der Waals surface area contributed by atoms with Gasteiger partial charge in [-0.3, -0.25) is 0 Å². The number of rotatable bonds is 2. The first-order chi connectivity index (χ1) is 6.65. The Morgan fingerprint density at radius 3 is 2.50 bits per heavy atom. The second kappa shape index (κ2) is 3.46. The zero-order chi connectivity index (χ0) is 10.3. The molecule has 0 amide bonds.